The van der Waals surface area contributed by atoms with Gasteiger partial charge >= 0.3 is 0 Å². The van der Waals surface area contributed by atoms with Gasteiger partial charge in [-0.05, 0) is 43.0 Å². The molecule has 0 spiro atoms. The molecule has 0 fully saturated rings. The second kappa shape index (κ2) is 8.79. The van der Waals surface area contributed by atoms with Gasteiger partial charge < -0.3 is 10.2 Å². The van der Waals surface area contributed by atoms with Gasteiger partial charge in [0.05, 0.1) is 5.56 Å². The number of nitrogens with zero attached hydrogens (tertiary/aromatic N) is 1. The number of hydrogen-bond acceptors (Lipinski definition) is 3. The highest BCUT2D eigenvalue weighted by Crippen LogP contribution is 2.24. The van der Waals surface area contributed by atoms with Crippen LogP contribution in [-0.2, 0) is 0 Å². The van der Waals surface area contributed by atoms with Gasteiger partial charge in [-0.25, -0.2) is 4.39 Å². The Labute approximate surface area is 143 Å². The molecule has 128 valence electrons. The number of halogens is 1. The molecular formula is C20H24FNO2. The number of allylic oxidation sites excluding steroid dienone is 2. The van der Waals surface area contributed by atoms with E-state index >= 15 is 0 Å². The minimum atomic E-state index is -1.44. The van der Waals surface area contributed by atoms with Crippen LogP contribution in [0.25, 0.3) is 5.57 Å². The van der Waals surface area contributed by atoms with Gasteiger partial charge in [-0.2, -0.15) is 0 Å². The van der Waals surface area contributed by atoms with Crippen LogP contribution in [0, 0.1) is 17.7 Å². The van der Waals surface area contributed by atoms with E-state index in [0.29, 0.717) is 31.5 Å². The Morgan fingerprint density at radius 1 is 1.42 bits per heavy atom. The summed E-state index contributed by atoms with van der Waals surface area (Å²) < 4.78 is 14.3. The number of aliphatic hydroxyl groups excluding tert-OH is 1. The molecule has 0 saturated heterocycles. The Morgan fingerprint density at radius 3 is 2.75 bits per heavy atom. The highest BCUT2D eigenvalue weighted by molar-refractivity contribution is 5.67. The van der Waals surface area contributed by atoms with Crippen molar-refractivity contribution in [1.29, 1.82) is 0 Å². The van der Waals surface area contributed by atoms with E-state index in [0.717, 1.165) is 17.6 Å². The summed E-state index contributed by atoms with van der Waals surface area (Å²) in [5, 5.41) is 18.3. The second-order valence-corrected chi connectivity index (χ2v) is 5.79. The average molecular weight is 329 g/mol. The molecule has 0 atom stereocenters. The maximum absolute atomic E-state index is 14.3. The van der Waals surface area contributed by atoms with Crippen LogP contribution in [0.2, 0.25) is 0 Å². The van der Waals surface area contributed by atoms with E-state index in [9.17, 15) is 4.39 Å². The molecule has 0 unspecified atom stereocenters. The Hall–Kier alpha value is -1.93. The topological polar surface area (TPSA) is 43.7 Å². The summed E-state index contributed by atoms with van der Waals surface area (Å²) in [5.41, 5.74) is 3.51. The first kappa shape index (κ1) is 18.4. The SMILES string of the molecule is C/C=C(/CC)CC#Cc1ccc(C2=CCN(C(O)O)CC2)cc1F. The van der Waals surface area contributed by atoms with Crippen LogP contribution in [0.4, 0.5) is 4.39 Å². The molecule has 1 aromatic rings. The summed E-state index contributed by atoms with van der Waals surface area (Å²) in [4.78, 5) is 1.53. The highest BCUT2D eigenvalue weighted by Gasteiger charge is 2.17. The molecule has 1 aromatic carbocycles. The van der Waals surface area contributed by atoms with Crippen LogP contribution in [-0.4, -0.2) is 34.6 Å². The Morgan fingerprint density at radius 2 is 2.21 bits per heavy atom. The smallest absolute Gasteiger partial charge is 0.213 e. The zero-order valence-corrected chi connectivity index (χ0v) is 14.2. The van der Waals surface area contributed by atoms with E-state index in [-0.39, 0.29) is 5.82 Å². The van der Waals surface area contributed by atoms with Crippen molar-refractivity contribution in [1.82, 2.24) is 4.90 Å². The zero-order valence-electron chi connectivity index (χ0n) is 14.2. The third-order valence-electron chi connectivity index (χ3n) is 4.31. The monoisotopic (exact) mass is 329 g/mol. The van der Waals surface area contributed by atoms with Crippen LogP contribution in [0.1, 0.15) is 44.2 Å². The van der Waals surface area contributed by atoms with Crippen LogP contribution in [0.5, 0.6) is 0 Å². The minimum Gasteiger partial charge on any atom is -0.356 e. The molecule has 1 aliphatic heterocycles. The quantitative estimate of drug-likeness (QED) is 0.506. The predicted molar refractivity (Wildman–Crippen MR) is 94.3 cm³/mol. The number of benzene rings is 1. The fourth-order valence-corrected chi connectivity index (χ4v) is 2.66. The summed E-state index contributed by atoms with van der Waals surface area (Å²) in [6, 6.07) is 5.10. The Kier molecular flexibility index (Phi) is 6.74. The standard InChI is InChI=1S/C20H24FNO2/c1-3-15(4-2)6-5-7-17-8-9-18(14-19(17)21)16-10-12-22(13-11-16)20(23)24/h3,8-10,14,20,23-24H,4,6,11-13H2,1-2H3/b15-3-. The summed E-state index contributed by atoms with van der Waals surface area (Å²) in [7, 11) is 0. The molecule has 2 rings (SSSR count). The molecule has 3 nitrogen and oxygen atoms in total. The summed E-state index contributed by atoms with van der Waals surface area (Å²) in [5.74, 6) is 5.62. The minimum absolute atomic E-state index is 0.316. The van der Waals surface area contributed by atoms with Crippen LogP contribution >= 0.6 is 0 Å². The fraction of sp³-hybridized carbons (Fsp3) is 0.400. The Bertz CT molecular complexity index is 695. The molecule has 24 heavy (non-hydrogen) atoms. The molecule has 0 radical (unpaired) electrons. The maximum Gasteiger partial charge on any atom is 0.213 e. The van der Waals surface area contributed by atoms with Crippen LogP contribution in [0.3, 0.4) is 0 Å². The molecule has 2 N–H and O–H groups in total. The van der Waals surface area contributed by atoms with Gasteiger partial charge in [0, 0.05) is 19.5 Å². The van der Waals surface area contributed by atoms with Gasteiger partial charge in [0.1, 0.15) is 5.82 Å². The van der Waals surface area contributed by atoms with Gasteiger partial charge in [-0.1, -0.05) is 42.6 Å². The van der Waals surface area contributed by atoms with Crippen molar-refractivity contribution in [3.8, 4) is 11.8 Å². The molecule has 0 aromatic heterocycles. The van der Waals surface area contributed by atoms with E-state index in [4.69, 9.17) is 10.2 Å². The second-order valence-electron chi connectivity index (χ2n) is 5.79. The van der Waals surface area contributed by atoms with Gasteiger partial charge in [0.2, 0.25) is 6.41 Å². The number of rotatable bonds is 4. The lowest BCUT2D eigenvalue weighted by Gasteiger charge is -2.27. The highest BCUT2D eigenvalue weighted by atomic mass is 19.1. The van der Waals surface area contributed by atoms with Crippen molar-refractivity contribution in [2.45, 2.75) is 39.5 Å². The van der Waals surface area contributed by atoms with Crippen molar-refractivity contribution in [3.63, 3.8) is 0 Å². The van der Waals surface area contributed by atoms with Crippen molar-refractivity contribution in [3.05, 3.63) is 52.9 Å². The molecule has 4 heteroatoms. The predicted octanol–water partition coefficient (Wildman–Crippen LogP) is 3.28. The first-order valence-corrected chi connectivity index (χ1v) is 8.27. The van der Waals surface area contributed by atoms with Gasteiger partial charge in [0.25, 0.3) is 0 Å². The maximum atomic E-state index is 14.3. The summed E-state index contributed by atoms with van der Waals surface area (Å²) >= 11 is 0. The van der Waals surface area contributed by atoms with Crippen molar-refractivity contribution < 1.29 is 14.6 Å². The lowest BCUT2D eigenvalue weighted by atomic mass is 9.98. The van der Waals surface area contributed by atoms with Gasteiger partial charge in [0.15, 0.2) is 0 Å². The van der Waals surface area contributed by atoms with E-state index in [2.05, 4.69) is 24.8 Å². The molecule has 0 aliphatic carbocycles. The molecule has 0 bridgehead atoms. The van der Waals surface area contributed by atoms with E-state index in [1.54, 1.807) is 6.07 Å². The van der Waals surface area contributed by atoms with Crippen LogP contribution < -0.4 is 0 Å². The third kappa shape index (κ3) is 4.78. The Balaban J connectivity index is 2.09. The van der Waals surface area contributed by atoms with Crippen LogP contribution in [0.15, 0.2) is 35.9 Å². The first-order chi connectivity index (χ1) is 11.5. The lowest BCUT2D eigenvalue weighted by molar-refractivity contribution is -0.150. The molecule has 0 amide bonds. The van der Waals surface area contributed by atoms with Crippen molar-refractivity contribution in [2.75, 3.05) is 13.1 Å². The largest absolute Gasteiger partial charge is 0.356 e. The van der Waals surface area contributed by atoms with E-state index < -0.39 is 6.41 Å². The fourth-order valence-electron chi connectivity index (χ4n) is 2.66. The molecule has 0 saturated carbocycles. The summed E-state index contributed by atoms with van der Waals surface area (Å²) in [6.45, 7) is 5.06. The van der Waals surface area contributed by atoms with Crippen molar-refractivity contribution in [2.24, 2.45) is 0 Å². The van der Waals surface area contributed by atoms with Gasteiger partial charge in [-0.3, -0.25) is 4.90 Å². The molecule has 1 heterocycles. The first-order valence-electron chi connectivity index (χ1n) is 8.27. The third-order valence-corrected chi connectivity index (χ3v) is 4.31. The molecule has 1 aliphatic rings. The number of aliphatic hydroxyl groups is 2. The van der Waals surface area contributed by atoms with Crippen molar-refractivity contribution >= 4 is 5.57 Å². The normalized spacial score (nSPS) is 15.9. The average Bonchev–Trinajstić information content (AvgIpc) is 2.60. The summed E-state index contributed by atoms with van der Waals surface area (Å²) in [6.07, 6.45) is 4.79. The lowest BCUT2D eigenvalue weighted by Crippen LogP contribution is -2.37. The molecular weight excluding hydrogens is 305 g/mol. The zero-order chi connectivity index (χ0) is 17.5. The van der Waals surface area contributed by atoms with E-state index in [1.165, 1.54) is 16.5 Å². The number of hydrogen-bond donors (Lipinski definition) is 2. The van der Waals surface area contributed by atoms with Gasteiger partial charge in [-0.15, -0.1) is 0 Å². The van der Waals surface area contributed by atoms with E-state index in [1.807, 2.05) is 19.1 Å².